The van der Waals surface area contributed by atoms with E-state index < -0.39 is 0 Å². The summed E-state index contributed by atoms with van der Waals surface area (Å²) in [5.41, 5.74) is 1.21. The van der Waals surface area contributed by atoms with Crippen molar-refractivity contribution < 1.29 is 4.79 Å². The van der Waals surface area contributed by atoms with Gasteiger partial charge in [0.25, 0.3) is 0 Å². The maximum atomic E-state index is 12.6. The minimum absolute atomic E-state index is 0.125. The van der Waals surface area contributed by atoms with Crippen molar-refractivity contribution in [1.29, 1.82) is 0 Å². The normalized spacial score (nSPS) is 30.5. The van der Waals surface area contributed by atoms with E-state index in [0.29, 0.717) is 11.7 Å². The number of hydrogen-bond acceptors (Lipinski definition) is 1. The molecule has 1 aromatic carbocycles. The van der Waals surface area contributed by atoms with Crippen molar-refractivity contribution in [2.24, 2.45) is 17.8 Å². The molecule has 0 amide bonds. The van der Waals surface area contributed by atoms with Crippen LogP contribution in [0.5, 0.6) is 0 Å². The lowest BCUT2D eigenvalue weighted by Crippen LogP contribution is -2.19. The van der Waals surface area contributed by atoms with E-state index in [4.69, 9.17) is 0 Å². The standard InChI is InChI=1S/C18H24O/c1-2-17(14-6-4-3-5-7-14)18(19)12-16-11-13-8-9-15(16)10-13/h3-7,13,15-17H,2,8-12H2,1H3. The first-order chi connectivity index (χ1) is 9.28. The first-order valence-electron chi connectivity index (χ1n) is 7.85. The largest absolute Gasteiger partial charge is 0.299 e. The van der Waals surface area contributed by atoms with Gasteiger partial charge in [0.1, 0.15) is 5.78 Å². The van der Waals surface area contributed by atoms with Gasteiger partial charge in [-0.1, -0.05) is 43.7 Å². The Balaban J connectivity index is 1.65. The monoisotopic (exact) mass is 256 g/mol. The van der Waals surface area contributed by atoms with E-state index in [0.717, 1.165) is 24.7 Å². The molecule has 1 heteroatoms. The van der Waals surface area contributed by atoms with Crippen LogP contribution in [-0.4, -0.2) is 5.78 Å². The molecule has 19 heavy (non-hydrogen) atoms. The predicted molar refractivity (Wildman–Crippen MR) is 78.0 cm³/mol. The molecule has 0 aromatic heterocycles. The van der Waals surface area contributed by atoms with Gasteiger partial charge in [0.2, 0.25) is 0 Å². The fourth-order valence-electron chi connectivity index (χ4n) is 4.36. The number of Topliss-reactive ketones (excluding diaryl/α,β-unsaturated/α-hetero) is 1. The molecule has 1 aromatic rings. The van der Waals surface area contributed by atoms with Crippen LogP contribution in [0.1, 0.15) is 56.9 Å². The first kappa shape index (κ1) is 12.9. The molecule has 2 bridgehead atoms. The van der Waals surface area contributed by atoms with Gasteiger partial charge in [0.05, 0.1) is 0 Å². The van der Waals surface area contributed by atoms with Gasteiger partial charge >= 0.3 is 0 Å². The van der Waals surface area contributed by atoms with Gasteiger partial charge in [0.15, 0.2) is 0 Å². The lowest BCUT2D eigenvalue weighted by Gasteiger charge is -2.23. The maximum Gasteiger partial charge on any atom is 0.140 e. The quantitative estimate of drug-likeness (QED) is 0.754. The van der Waals surface area contributed by atoms with E-state index in [1.165, 1.54) is 31.2 Å². The number of hydrogen-bond donors (Lipinski definition) is 0. The number of rotatable bonds is 5. The van der Waals surface area contributed by atoms with E-state index >= 15 is 0 Å². The zero-order valence-electron chi connectivity index (χ0n) is 11.8. The number of carbonyl (C=O) groups is 1. The molecule has 0 radical (unpaired) electrons. The van der Waals surface area contributed by atoms with Crippen LogP contribution in [0.3, 0.4) is 0 Å². The smallest absolute Gasteiger partial charge is 0.140 e. The number of ketones is 1. The summed E-state index contributed by atoms with van der Waals surface area (Å²) in [4.78, 5) is 12.6. The van der Waals surface area contributed by atoms with Crippen LogP contribution >= 0.6 is 0 Å². The highest BCUT2D eigenvalue weighted by Crippen LogP contribution is 2.50. The van der Waals surface area contributed by atoms with Crippen LogP contribution in [0, 0.1) is 17.8 Å². The highest BCUT2D eigenvalue weighted by atomic mass is 16.1. The molecule has 0 saturated heterocycles. The van der Waals surface area contributed by atoms with E-state index in [9.17, 15) is 4.79 Å². The molecule has 102 valence electrons. The molecule has 2 fully saturated rings. The summed E-state index contributed by atoms with van der Waals surface area (Å²) in [6.07, 6.45) is 7.29. The summed E-state index contributed by atoms with van der Waals surface area (Å²) in [6, 6.07) is 10.3. The highest BCUT2D eigenvalue weighted by molar-refractivity contribution is 5.85. The SMILES string of the molecule is CCC(C(=O)CC1CC2CCC1C2)c1ccccc1. The molecule has 0 N–H and O–H groups in total. The molecule has 0 heterocycles. The van der Waals surface area contributed by atoms with Gasteiger partial charge in [-0.05, 0) is 49.0 Å². The average Bonchev–Trinajstić information content (AvgIpc) is 3.03. The summed E-state index contributed by atoms with van der Waals surface area (Å²) in [5, 5.41) is 0. The van der Waals surface area contributed by atoms with Crippen molar-refractivity contribution in [1.82, 2.24) is 0 Å². The van der Waals surface area contributed by atoms with Crippen molar-refractivity contribution in [3.8, 4) is 0 Å². The molecule has 0 spiro atoms. The molecule has 4 atom stereocenters. The van der Waals surface area contributed by atoms with Gasteiger partial charge in [-0.3, -0.25) is 4.79 Å². The number of carbonyl (C=O) groups excluding carboxylic acids is 1. The summed E-state index contributed by atoms with van der Waals surface area (Å²) in [7, 11) is 0. The lowest BCUT2D eigenvalue weighted by atomic mass is 9.81. The van der Waals surface area contributed by atoms with Gasteiger partial charge in [0, 0.05) is 12.3 Å². The number of fused-ring (bicyclic) bond motifs is 2. The molecular formula is C18H24O. The van der Waals surface area contributed by atoms with E-state index in [1.54, 1.807) is 0 Å². The van der Waals surface area contributed by atoms with Crippen molar-refractivity contribution in [3.63, 3.8) is 0 Å². The van der Waals surface area contributed by atoms with Crippen LogP contribution < -0.4 is 0 Å². The van der Waals surface area contributed by atoms with Crippen molar-refractivity contribution >= 4 is 5.78 Å². The van der Waals surface area contributed by atoms with Crippen molar-refractivity contribution in [3.05, 3.63) is 35.9 Å². The van der Waals surface area contributed by atoms with Gasteiger partial charge in [-0.15, -0.1) is 0 Å². The third-order valence-corrected chi connectivity index (χ3v) is 5.35. The molecule has 3 rings (SSSR count). The van der Waals surface area contributed by atoms with Crippen molar-refractivity contribution in [2.45, 2.75) is 51.4 Å². The van der Waals surface area contributed by atoms with Gasteiger partial charge in [-0.2, -0.15) is 0 Å². The molecule has 0 aliphatic heterocycles. The second-order valence-electron chi connectivity index (χ2n) is 6.48. The Kier molecular flexibility index (Phi) is 3.72. The third kappa shape index (κ3) is 2.61. The second-order valence-corrected chi connectivity index (χ2v) is 6.48. The average molecular weight is 256 g/mol. The lowest BCUT2D eigenvalue weighted by molar-refractivity contribution is -0.121. The van der Waals surface area contributed by atoms with Gasteiger partial charge in [-0.25, -0.2) is 0 Å². The third-order valence-electron chi connectivity index (χ3n) is 5.35. The minimum atomic E-state index is 0.125. The Morgan fingerprint density at radius 1 is 1.21 bits per heavy atom. The second kappa shape index (κ2) is 5.48. The van der Waals surface area contributed by atoms with E-state index in [2.05, 4.69) is 19.1 Å². The molecule has 1 nitrogen and oxygen atoms in total. The van der Waals surface area contributed by atoms with Crippen LogP contribution in [0.2, 0.25) is 0 Å². The van der Waals surface area contributed by atoms with Crippen molar-refractivity contribution in [2.75, 3.05) is 0 Å². The topological polar surface area (TPSA) is 17.1 Å². The molecule has 2 aliphatic carbocycles. The Bertz CT molecular complexity index is 436. The Hall–Kier alpha value is -1.11. The zero-order chi connectivity index (χ0) is 13.2. The summed E-state index contributed by atoms with van der Waals surface area (Å²) < 4.78 is 0. The Morgan fingerprint density at radius 3 is 2.58 bits per heavy atom. The molecular weight excluding hydrogens is 232 g/mol. The fourth-order valence-corrected chi connectivity index (χ4v) is 4.36. The summed E-state index contributed by atoms with van der Waals surface area (Å²) >= 11 is 0. The van der Waals surface area contributed by atoms with E-state index in [1.807, 2.05) is 18.2 Å². The molecule has 2 saturated carbocycles. The first-order valence-corrected chi connectivity index (χ1v) is 7.85. The summed E-state index contributed by atoms with van der Waals surface area (Å²) in [6.45, 7) is 2.14. The minimum Gasteiger partial charge on any atom is -0.299 e. The van der Waals surface area contributed by atoms with Gasteiger partial charge < -0.3 is 0 Å². The number of benzene rings is 1. The maximum absolute atomic E-state index is 12.6. The van der Waals surface area contributed by atoms with Crippen LogP contribution in [0.25, 0.3) is 0 Å². The highest BCUT2D eigenvalue weighted by Gasteiger charge is 2.40. The summed E-state index contributed by atoms with van der Waals surface area (Å²) in [5.74, 6) is 3.11. The fraction of sp³-hybridized carbons (Fsp3) is 0.611. The van der Waals surface area contributed by atoms with E-state index in [-0.39, 0.29) is 5.92 Å². The molecule has 2 aliphatic rings. The molecule has 4 unspecified atom stereocenters. The predicted octanol–water partition coefficient (Wildman–Crippen LogP) is 4.58. The van der Waals surface area contributed by atoms with Crippen LogP contribution in [-0.2, 0) is 4.79 Å². The van der Waals surface area contributed by atoms with Crippen LogP contribution in [0.4, 0.5) is 0 Å². The Labute approximate surface area is 116 Å². The van der Waals surface area contributed by atoms with Crippen LogP contribution in [0.15, 0.2) is 30.3 Å². The Morgan fingerprint density at radius 2 is 2.00 bits per heavy atom. The zero-order valence-corrected chi connectivity index (χ0v) is 11.8.